The first-order valence-corrected chi connectivity index (χ1v) is 7.20. The number of carbonyl (C=O) groups excluding carboxylic acids is 2. The molecule has 5 heteroatoms. The molecule has 1 aromatic carbocycles. The fraction of sp³-hybridized carbons (Fsp3) is 0.500. The summed E-state index contributed by atoms with van der Waals surface area (Å²) >= 11 is 0. The SMILES string of the molecule is COC(=O)CC1CCCCN1C(=O)c1ccc(C)cc1O. The third-order valence-corrected chi connectivity index (χ3v) is 3.90. The molecule has 0 saturated carbocycles. The number of methoxy groups -OCH3 is 1. The van der Waals surface area contributed by atoms with Crippen molar-refractivity contribution in [3.05, 3.63) is 29.3 Å². The molecule has 1 fully saturated rings. The van der Waals surface area contributed by atoms with Crippen molar-refractivity contribution in [2.45, 2.75) is 38.6 Å². The Morgan fingerprint density at radius 3 is 2.81 bits per heavy atom. The second-order valence-electron chi connectivity index (χ2n) is 5.45. The number of nitrogens with zero attached hydrogens (tertiary/aromatic N) is 1. The lowest BCUT2D eigenvalue weighted by Gasteiger charge is -2.35. The zero-order valence-corrected chi connectivity index (χ0v) is 12.5. The normalized spacial score (nSPS) is 18.4. The van der Waals surface area contributed by atoms with Crippen LogP contribution in [0.1, 0.15) is 41.6 Å². The maximum atomic E-state index is 12.6. The molecule has 0 bridgehead atoms. The first kappa shape index (κ1) is 15.4. The van der Waals surface area contributed by atoms with Gasteiger partial charge in [-0.1, -0.05) is 6.07 Å². The second kappa shape index (κ2) is 6.61. The molecule has 1 N–H and O–H groups in total. The summed E-state index contributed by atoms with van der Waals surface area (Å²) in [5.41, 5.74) is 1.19. The van der Waals surface area contributed by atoms with E-state index < -0.39 is 0 Å². The summed E-state index contributed by atoms with van der Waals surface area (Å²) in [5.74, 6) is -0.545. The highest BCUT2D eigenvalue weighted by Crippen LogP contribution is 2.26. The van der Waals surface area contributed by atoms with E-state index in [1.54, 1.807) is 23.1 Å². The van der Waals surface area contributed by atoms with Gasteiger partial charge in [0.25, 0.3) is 5.91 Å². The molecule has 114 valence electrons. The van der Waals surface area contributed by atoms with Crippen LogP contribution in [-0.2, 0) is 9.53 Å². The number of phenols is 1. The quantitative estimate of drug-likeness (QED) is 0.867. The van der Waals surface area contributed by atoms with Crippen LogP contribution in [0.2, 0.25) is 0 Å². The van der Waals surface area contributed by atoms with Gasteiger partial charge in [-0.2, -0.15) is 0 Å². The molecule has 1 amide bonds. The van der Waals surface area contributed by atoms with Crippen molar-refractivity contribution in [2.24, 2.45) is 0 Å². The molecule has 0 radical (unpaired) electrons. The molecule has 1 aliphatic rings. The fourth-order valence-corrected chi connectivity index (χ4v) is 2.73. The van der Waals surface area contributed by atoms with Gasteiger partial charge in [0, 0.05) is 12.6 Å². The number of aryl methyl sites for hydroxylation is 1. The van der Waals surface area contributed by atoms with Crippen LogP contribution in [-0.4, -0.2) is 41.6 Å². The van der Waals surface area contributed by atoms with Crippen molar-refractivity contribution in [3.8, 4) is 5.75 Å². The molecule has 0 aliphatic carbocycles. The van der Waals surface area contributed by atoms with Crippen molar-refractivity contribution in [3.63, 3.8) is 0 Å². The lowest BCUT2D eigenvalue weighted by atomic mass is 9.98. The lowest BCUT2D eigenvalue weighted by molar-refractivity contribution is -0.142. The van der Waals surface area contributed by atoms with Crippen molar-refractivity contribution >= 4 is 11.9 Å². The first-order valence-electron chi connectivity index (χ1n) is 7.20. The van der Waals surface area contributed by atoms with Crippen LogP contribution in [0.4, 0.5) is 0 Å². The van der Waals surface area contributed by atoms with Crippen molar-refractivity contribution in [1.82, 2.24) is 4.90 Å². The van der Waals surface area contributed by atoms with Gasteiger partial charge in [-0.3, -0.25) is 9.59 Å². The predicted molar refractivity (Wildman–Crippen MR) is 78.2 cm³/mol. The van der Waals surface area contributed by atoms with Crippen molar-refractivity contribution < 1.29 is 19.4 Å². The third kappa shape index (κ3) is 3.54. The molecular weight excluding hydrogens is 270 g/mol. The highest BCUT2D eigenvalue weighted by atomic mass is 16.5. The predicted octanol–water partition coefficient (Wildman–Crippen LogP) is 2.26. The average Bonchev–Trinajstić information content (AvgIpc) is 2.47. The average molecular weight is 291 g/mol. The number of hydrogen-bond donors (Lipinski definition) is 1. The number of rotatable bonds is 3. The second-order valence-corrected chi connectivity index (χ2v) is 5.45. The Kier molecular flexibility index (Phi) is 4.83. The number of likely N-dealkylation sites (tertiary alicyclic amines) is 1. The summed E-state index contributed by atoms with van der Waals surface area (Å²) in [6, 6.07) is 4.86. The van der Waals surface area contributed by atoms with Gasteiger partial charge in [0.05, 0.1) is 19.1 Å². The Balaban J connectivity index is 2.20. The Hall–Kier alpha value is -2.04. The van der Waals surface area contributed by atoms with Crippen LogP contribution < -0.4 is 0 Å². The number of phenolic OH excluding ortho intramolecular Hbond substituents is 1. The maximum Gasteiger partial charge on any atom is 0.307 e. The third-order valence-electron chi connectivity index (χ3n) is 3.90. The van der Waals surface area contributed by atoms with E-state index >= 15 is 0 Å². The number of benzene rings is 1. The van der Waals surface area contributed by atoms with Crippen molar-refractivity contribution in [2.75, 3.05) is 13.7 Å². The zero-order chi connectivity index (χ0) is 15.4. The highest BCUT2D eigenvalue weighted by Gasteiger charge is 2.30. The van der Waals surface area contributed by atoms with Gasteiger partial charge in [-0.05, 0) is 43.9 Å². The molecule has 2 rings (SSSR count). The van der Waals surface area contributed by atoms with Crippen LogP contribution in [0.15, 0.2) is 18.2 Å². The summed E-state index contributed by atoms with van der Waals surface area (Å²) in [4.78, 5) is 25.8. The number of esters is 1. The van der Waals surface area contributed by atoms with Gasteiger partial charge in [-0.15, -0.1) is 0 Å². The van der Waals surface area contributed by atoms with Crippen LogP contribution in [0.5, 0.6) is 5.75 Å². The van der Waals surface area contributed by atoms with Gasteiger partial charge >= 0.3 is 5.97 Å². The molecule has 1 aromatic rings. The first-order chi connectivity index (χ1) is 10.0. The van der Waals surface area contributed by atoms with E-state index in [9.17, 15) is 14.7 Å². The van der Waals surface area contributed by atoms with Crippen LogP contribution in [0.3, 0.4) is 0 Å². The van der Waals surface area contributed by atoms with Gasteiger partial charge in [0.2, 0.25) is 0 Å². The molecule has 5 nitrogen and oxygen atoms in total. The van der Waals surface area contributed by atoms with Gasteiger partial charge in [-0.25, -0.2) is 0 Å². The molecule has 0 spiro atoms. The number of ether oxygens (including phenoxy) is 1. The summed E-state index contributed by atoms with van der Waals surface area (Å²) in [7, 11) is 1.35. The number of hydrogen-bond acceptors (Lipinski definition) is 4. The smallest absolute Gasteiger partial charge is 0.307 e. The topological polar surface area (TPSA) is 66.8 Å². The van der Waals surface area contributed by atoms with E-state index in [1.165, 1.54) is 7.11 Å². The molecule has 1 saturated heterocycles. The largest absolute Gasteiger partial charge is 0.507 e. The summed E-state index contributed by atoms with van der Waals surface area (Å²) in [5, 5.41) is 9.97. The fourth-order valence-electron chi connectivity index (χ4n) is 2.73. The Bertz CT molecular complexity index is 541. The summed E-state index contributed by atoms with van der Waals surface area (Å²) in [6.07, 6.45) is 2.89. The van der Waals surface area contributed by atoms with E-state index in [0.717, 1.165) is 24.8 Å². The van der Waals surface area contributed by atoms with Gasteiger partial charge in [0.1, 0.15) is 5.75 Å². The molecular formula is C16H21NO4. The number of piperidine rings is 1. The monoisotopic (exact) mass is 291 g/mol. The minimum atomic E-state index is -0.312. The Labute approximate surface area is 124 Å². The number of amides is 1. The maximum absolute atomic E-state index is 12.6. The van der Waals surface area contributed by atoms with Crippen molar-refractivity contribution in [1.29, 1.82) is 0 Å². The standard InChI is InChI=1S/C16H21NO4/c1-11-6-7-13(14(18)9-11)16(20)17-8-4-3-5-12(17)10-15(19)21-2/h6-7,9,12,18H,3-5,8,10H2,1-2H3. The van der Waals surface area contributed by atoms with E-state index in [0.29, 0.717) is 6.54 Å². The van der Waals surface area contributed by atoms with E-state index in [4.69, 9.17) is 4.74 Å². The number of carbonyl (C=O) groups is 2. The Morgan fingerprint density at radius 2 is 2.14 bits per heavy atom. The summed E-state index contributed by atoms with van der Waals surface area (Å²) < 4.78 is 4.70. The van der Waals surface area contributed by atoms with Crippen LogP contribution in [0, 0.1) is 6.92 Å². The van der Waals surface area contributed by atoms with E-state index in [1.807, 2.05) is 6.92 Å². The van der Waals surface area contributed by atoms with E-state index in [-0.39, 0.29) is 35.7 Å². The molecule has 21 heavy (non-hydrogen) atoms. The number of aromatic hydroxyl groups is 1. The van der Waals surface area contributed by atoms with Crippen LogP contribution in [0.25, 0.3) is 0 Å². The molecule has 1 aliphatic heterocycles. The molecule has 1 unspecified atom stereocenters. The van der Waals surface area contributed by atoms with Gasteiger partial charge < -0.3 is 14.7 Å². The highest BCUT2D eigenvalue weighted by molar-refractivity contribution is 5.97. The zero-order valence-electron chi connectivity index (χ0n) is 12.5. The summed E-state index contributed by atoms with van der Waals surface area (Å²) in [6.45, 7) is 2.46. The molecule has 1 heterocycles. The molecule has 1 atom stereocenters. The lowest BCUT2D eigenvalue weighted by Crippen LogP contribution is -2.44. The van der Waals surface area contributed by atoms with Crippen LogP contribution >= 0.6 is 0 Å². The Morgan fingerprint density at radius 1 is 1.38 bits per heavy atom. The minimum Gasteiger partial charge on any atom is -0.507 e. The van der Waals surface area contributed by atoms with E-state index in [2.05, 4.69) is 0 Å². The minimum absolute atomic E-state index is 0.0117. The molecule has 0 aromatic heterocycles. The van der Waals surface area contributed by atoms with Gasteiger partial charge in [0.15, 0.2) is 0 Å².